The quantitative estimate of drug-likeness (QED) is 0.555. The molecule has 1 unspecified atom stereocenters. The summed E-state index contributed by atoms with van der Waals surface area (Å²) in [7, 11) is 1.77. The molecule has 0 aliphatic heterocycles. The summed E-state index contributed by atoms with van der Waals surface area (Å²) >= 11 is -1.06. The molecule has 1 fully saturated rings. The average molecular weight is 410 g/mol. The van der Waals surface area contributed by atoms with Gasteiger partial charge in [-0.3, -0.25) is 4.79 Å². The van der Waals surface area contributed by atoms with Crippen LogP contribution in [0.4, 0.5) is 0 Å². The first kappa shape index (κ1) is 20.0. The molecule has 2 aromatic carbocycles. The van der Waals surface area contributed by atoms with Crippen molar-refractivity contribution in [3.63, 3.8) is 0 Å². The number of hydrogen-bond acceptors (Lipinski definition) is 3. The van der Waals surface area contributed by atoms with Crippen LogP contribution in [-0.2, 0) is 18.2 Å². The Balaban J connectivity index is 1.89. The topological polar surface area (TPSA) is 54.3 Å². The highest BCUT2D eigenvalue weighted by molar-refractivity contribution is 7.91. The van der Waals surface area contributed by atoms with Crippen LogP contribution in [0.1, 0.15) is 39.0 Å². The van der Waals surface area contributed by atoms with Gasteiger partial charge in [0.25, 0.3) is 5.56 Å². The molecule has 0 amide bonds. The third-order valence-electron chi connectivity index (χ3n) is 5.70. The Morgan fingerprint density at radius 3 is 2.52 bits per heavy atom. The number of pyridine rings is 1. The molecule has 1 aromatic heterocycles. The maximum absolute atomic E-state index is 12.6. The van der Waals surface area contributed by atoms with Gasteiger partial charge in [0.2, 0.25) is 0 Å². The van der Waals surface area contributed by atoms with Crippen LogP contribution in [0, 0.1) is 0 Å². The minimum Gasteiger partial charge on any atom is -0.611 e. The number of ether oxygens (including phenoxy) is 1. The summed E-state index contributed by atoms with van der Waals surface area (Å²) in [6, 6.07) is 13.5. The standard InChI is InChI=1S/C24H27NO3S/c1-3-29(27)18-13-14-23(28-17-9-5-4-6-10-17)21(15-18)22-16-25(2)24(26)20-12-8-7-11-19(20)22/h7-8,11-17H,3-6,9-10H2,1-2H3. The Bertz CT molecular complexity index is 1070. The summed E-state index contributed by atoms with van der Waals surface area (Å²) < 4.78 is 20.6. The molecule has 0 bridgehead atoms. The van der Waals surface area contributed by atoms with Crippen molar-refractivity contribution in [2.24, 2.45) is 7.05 Å². The predicted octanol–water partition coefficient (Wildman–Crippen LogP) is 5.04. The number of aromatic nitrogens is 1. The van der Waals surface area contributed by atoms with Gasteiger partial charge < -0.3 is 13.9 Å². The summed E-state index contributed by atoms with van der Waals surface area (Å²) in [6.07, 6.45) is 7.87. The predicted molar refractivity (Wildman–Crippen MR) is 119 cm³/mol. The third-order valence-corrected chi connectivity index (χ3v) is 7.01. The highest BCUT2D eigenvalue weighted by Gasteiger charge is 2.21. The van der Waals surface area contributed by atoms with E-state index in [1.165, 1.54) is 19.3 Å². The summed E-state index contributed by atoms with van der Waals surface area (Å²) in [5.41, 5.74) is 1.82. The molecule has 1 aliphatic carbocycles. The first-order valence-corrected chi connectivity index (χ1v) is 11.7. The number of aryl methyl sites for hydroxylation is 1. The molecular weight excluding hydrogens is 382 g/mol. The SMILES string of the molecule is CC[S+]([O-])c1ccc(OC2CCCCC2)c(-c2cn(C)c(=O)c3ccccc23)c1. The monoisotopic (exact) mass is 409 g/mol. The van der Waals surface area contributed by atoms with Crippen molar-refractivity contribution >= 4 is 21.9 Å². The van der Waals surface area contributed by atoms with E-state index in [0.717, 1.165) is 40.0 Å². The smallest absolute Gasteiger partial charge is 0.258 e. The zero-order chi connectivity index (χ0) is 20.4. The second-order valence-electron chi connectivity index (χ2n) is 7.67. The van der Waals surface area contributed by atoms with Crippen molar-refractivity contribution in [3.05, 3.63) is 59.0 Å². The van der Waals surface area contributed by atoms with Crippen LogP contribution in [-0.4, -0.2) is 21.0 Å². The van der Waals surface area contributed by atoms with E-state index in [-0.39, 0.29) is 11.7 Å². The van der Waals surface area contributed by atoms with Gasteiger partial charge >= 0.3 is 0 Å². The fourth-order valence-corrected chi connectivity index (χ4v) is 4.93. The largest absolute Gasteiger partial charge is 0.611 e. The van der Waals surface area contributed by atoms with Crippen LogP contribution < -0.4 is 10.3 Å². The summed E-state index contributed by atoms with van der Waals surface area (Å²) in [5.74, 6) is 1.37. The van der Waals surface area contributed by atoms with Crippen LogP contribution in [0.25, 0.3) is 21.9 Å². The Hall–Kier alpha value is -2.24. The Morgan fingerprint density at radius 1 is 1.07 bits per heavy atom. The molecule has 3 aromatic rings. The van der Waals surface area contributed by atoms with Gasteiger partial charge in [-0.15, -0.1) is 0 Å². The van der Waals surface area contributed by atoms with E-state index in [0.29, 0.717) is 11.1 Å². The summed E-state index contributed by atoms with van der Waals surface area (Å²) in [4.78, 5) is 13.4. The molecule has 1 saturated carbocycles. The van der Waals surface area contributed by atoms with Crippen molar-refractivity contribution in [2.45, 2.75) is 50.0 Å². The second kappa shape index (κ2) is 8.64. The van der Waals surface area contributed by atoms with Gasteiger partial charge in [-0.25, -0.2) is 0 Å². The molecule has 4 nitrogen and oxygen atoms in total. The molecular formula is C24H27NO3S. The van der Waals surface area contributed by atoms with E-state index in [4.69, 9.17) is 4.74 Å². The van der Waals surface area contributed by atoms with Gasteiger partial charge in [-0.2, -0.15) is 0 Å². The van der Waals surface area contributed by atoms with Crippen molar-refractivity contribution in [1.29, 1.82) is 0 Å². The normalized spacial score (nSPS) is 16.1. The molecule has 5 heteroatoms. The lowest BCUT2D eigenvalue weighted by atomic mass is 9.97. The molecule has 0 N–H and O–H groups in total. The molecule has 1 atom stereocenters. The third kappa shape index (κ3) is 4.07. The molecule has 29 heavy (non-hydrogen) atoms. The Kier molecular flexibility index (Phi) is 5.97. The number of benzene rings is 2. The van der Waals surface area contributed by atoms with Crippen molar-refractivity contribution in [3.8, 4) is 16.9 Å². The highest BCUT2D eigenvalue weighted by Crippen LogP contribution is 2.37. The minimum absolute atomic E-state index is 0.0209. The van der Waals surface area contributed by atoms with Crippen LogP contribution in [0.3, 0.4) is 0 Å². The van der Waals surface area contributed by atoms with E-state index in [9.17, 15) is 9.35 Å². The Morgan fingerprint density at radius 2 is 1.79 bits per heavy atom. The zero-order valence-electron chi connectivity index (χ0n) is 17.0. The van der Waals surface area contributed by atoms with Gasteiger partial charge in [-0.05, 0) is 67.4 Å². The molecule has 152 valence electrons. The first-order chi connectivity index (χ1) is 14.1. The van der Waals surface area contributed by atoms with E-state index < -0.39 is 11.2 Å². The Labute approximate surface area is 174 Å². The van der Waals surface area contributed by atoms with Crippen LogP contribution >= 0.6 is 0 Å². The number of fused-ring (bicyclic) bond motifs is 1. The van der Waals surface area contributed by atoms with E-state index in [1.807, 2.05) is 55.6 Å². The lowest BCUT2D eigenvalue weighted by Crippen LogP contribution is -2.20. The van der Waals surface area contributed by atoms with Gasteiger partial charge in [-0.1, -0.05) is 24.6 Å². The van der Waals surface area contributed by atoms with Crippen LogP contribution in [0.2, 0.25) is 0 Å². The average Bonchev–Trinajstić information content (AvgIpc) is 2.77. The van der Waals surface area contributed by atoms with Crippen molar-refractivity contribution < 1.29 is 9.29 Å². The summed E-state index contributed by atoms with van der Waals surface area (Å²) in [5, 5.41) is 1.57. The van der Waals surface area contributed by atoms with E-state index >= 15 is 0 Å². The highest BCUT2D eigenvalue weighted by atomic mass is 32.2. The number of hydrogen-bond donors (Lipinski definition) is 0. The van der Waals surface area contributed by atoms with E-state index in [1.54, 1.807) is 11.6 Å². The molecule has 1 heterocycles. The first-order valence-electron chi connectivity index (χ1n) is 10.4. The molecule has 4 rings (SSSR count). The van der Waals surface area contributed by atoms with Gasteiger partial charge in [0, 0.05) is 35.8 Å². The van der Waals surface area contributed by atoms with Gasteiger partial charge in [0.1, 0.15) is 11.5 Å². The zero-order valence-corrected chi connectivity index (χ0v) is 17.8. The lowest BCUT2D eigenvalue weighted by molar-refractivity contribution is 0.155. The lowest BCUT2D eigenvalue weighted by Gasteiger charge is -2.25. The molecule has 0 saturated heterocycles. The fraction of sp³-hybridized carbons (Fsp3) is 0.375. The second-order valence-corrected chi connectivity index (χ2v) is 9.41. The minimum atomic E-state index is -1.06. The van der Waals surface area contributed by atoms with Gasteiger partial charge in [0.05, 0.1) is 6.10 Å². The summed E-state index contributed by atoms with van der Waals surface area (Å²) in [6.45, 7) is 1.92. The molecule has 1 aliphatic rings. The fourth-order valence-electron chi connectivity index (χ4n) is 4.12. The van der Waals surface area contributed by atoms with E-state index in [2.05, 4.69) is 0 Å². The van der Waals surface area contributed by atoms with Gasteiger partial charge in [0.15, 0.2) is 4.90 Å². The maximum Gasteiger partial charge on any atom is 0.258 e. The van der Waals surface area contributed by atoms with Crippen LogP contribution in [0.5, 0.6) is 5.75 Å². The van der Waals surface area contributed by atoms with Crippen molar-refractivity contribution in [1.82, 2.24) is 4.57 Å². The molecule has 0 spiro atoms. The molecule has 0 radical (unpaired) electrons. The van der Waals surface area contributed by atoms with Crippen LogP contribution in [0.15, 0.2) is 58.4 Å². The van der Waals surface area contributed by atoms with Crippen molar-refractivity contribution in [2.75, 3.05) is 5.75 Å². The number of rotatable bonds is 5. The maximum atomic E-state index is 12.6. The number of nitrogens with zero attached hydrogens (tertiary/aromatic N) is 1.